The van der Waals surface area contributed by atoms with Crippen LogP contribution < -0.4 is 10.1 Å². The van der Waals surface area contributed by atoms with Crippen LogP contribution in [0.15, 0.2) is 47.1 Å². The standard InChI is InChI=1S/C22H27BrN4O4/c1-14-11-27(15(2)13-28)21(29)18-9-16(23)10-24-20(18)31-19(14)12-26(3)22(30)25-17-7-5-4-6-8-17/h4-10,14-15,19,28H,11-13H2,1-3H3,(H,25,30)/t14-,15+,19+/m1/s1. The fourth-order valence-electron chi connectivity index (χ4n) is 3.39. The van der Waals surface area contributed by atoms with Gasteiger partial charge in [-0.25, -0.2) is 9.78 Å². The number of aliphatic hydroxyl groups is 1. The van der Waals surface area contributed by atoms with E-state index < -0.39 is 6.10 Å². The van der Waals surface area contributed by atoms with Crippen molar-refractivity contribution in [3.05, 3.63) is 52.6 Å². The van der Waals surface area contributed by atoms with Crippen LogP contribution >= 0.6 is 15.9 Å². The van der Waals surface area contributed by atoms with E-state index in [1.807, 2.05) is 37.3 Å². The molecule has 0 spiro atoms. The van der Waals surface area contributed by atoms with E-state index in [1.54, 1.807) is 36.0 Å². The molecule has 3 rings (SSSR count). The highest BCUT2D eigenvalue weighted by atomic mass is 79.9. The minimum atomic E-state index is -0.402. The number of pyridine rings is 1. The largest absolute Gasteiger partial charge is 0.472 e. The molecule has 0 bridgehead atoms. The molecular weight excluding hydrogens is 464 g/mol. The van der Waals surface area contributed by atoms with Crippen LogP contribution in [0.5, 0.6) is 5.88 Å². The number of urea groups is 1. The SMILES string of the molecule is C[C@@H]1CN([C@@H](C)CO)C(=O)c2cc(Br)cnc2O[C@H]1CN(C)C(=O)Nc1ccccc1. The van der Waals surface area contributed by atoms with E-state index in [2.05, 4.69) is 26.2 Å². The molecule has 2 aromatic rings. The van der Waals surface area contributed by atoms with Crippen LogP contribution in [0.4, 0.5) is 10.5 Å². The van der Waals surface area contributed by atoms with Gasteiger partial charge in [0.25, 0.3) is 5.91 Å². The second-order valence-electron chi connectivity index (χ2n) is 7.81. The fraction of sp³-hybridized carbons (Fsp3) is 0.409. The van der Waals surface area contributed by atoms with Gasteiger partial charge in [-0.2, -0.15) is 0 Å². The number of rotatable bonds is 5. The second kappa shape index (κ2) is 10.1. The van der Waals surface area contributed by atoms with Gasteiger partial charge < -0.3 is 25.0 Å². The van der Waals surface area contributed by atoms with Crippen molar-refractivity contribution in [3.63, 3.8) is 0 Å². The molecule has 3 atom stereocenters. The van der Waals surface area contributed by atoms with E-state index in [0.29, 0.717) is 28.8 Å². The van der Waals surface area contributed by atoms with Gasteiger partial charge in [0.2, 0.25) is 5.88 Å². The zero-order chi connectivity index (χ0) is 22.5. The number of aliphatic hydroxyl groups excluding tert-OH is 1. The van der Waals surface area contributed by atoms with Crippen molar-refractivity contribution in [3.8, 4) is 5.88 Å². The maximum absolute atomic E-state index is 13.1. The van der Waals surface area contributed by atoms with Gasteiger partial charge in [0.15, 0.2) is 0 Å². The summed E-state index contributed by atoms with van der Waals surface area (Å²) in [4.78, 5) is 33.3. The number of fused-ring (bicyclic) bond motifs is 1. The van der Waals surface area contributed by atoms with Crippen LogP contribution in [0.3, 0.4) is 0 Å². The highest BCUT2D eigenvalue weighted by Crippen LogP contribution is 2.28. The maximum atomic E-state index is 13.1. The van der Waals surface area contributed by atoms with Crippen LogP contribution in [0.2, 0.25) is 0 Å². The Hall–Kier alpha value is -2.65. The smallest absolute Gasteiger partial charge is 0.321 e. The van der Waals surface area contributed by atoms with Crippen molar-refractivity contribution in [1.82, 2.24) is 14.8 Å². The summed E-state index contributed by atoms with van der Waals surface area (Å²) in [5.41, 5.74) is 1.03. The molecule has 31 heavy (non-hydrogen) atoms. The molecule has 3 amide bonds. The topological polar surface area (TPSA) is 95.0 Å². The third-order valence-corrected chi connectivity index (χ3v) is 5.75. The average molecular weight is 491 g/mol. The number of carbonyl (C=O) groups excluding carboxylic acids is 2. The maximum Gasteiger partial charge on any atom is 0.321 e. The van der Waals surface area contributed by atoms with Crippen LogP contribution in [0.25, 0.3) is 0 Å². The summed E-state index contributed by atoms with van der Waals surface area (Å²) in [6, 6.07) is 10.3. The lowest BCUT2D eigenvalue weighted by Gasteiger charge is -2.37. The predicted molar refractivity (Wildman–Crippen MR) is 121 cm³/mol. The first kappa shape index (κ1) is 23.0. The lowest BCUT2D eigenvalue weighted by molar-refractivity contribution is 0.0356. The Balaban J connectivity index is 1.83. The molecule has 1 aromatic heterocycles. The van der Waals surface area contributed by atoms with Crippen molar-refractivity contribution < 1.29 is 19.4 Å². The summed E-state index contributed by atoms with van der Waals surface area (Å²) in [5, 5.41) is 12.5. The molecule has 1 aromatic carbocycles. The van der Waals surface area contributed by atoms with Gasteiger partial charge >= 0.3 is 6.03 Å². The van der Waals surface area contributed by atoms with Gasteiger partial charge in [-0.3, -0.25) is 4.79 Å². The molecule has 1 aliphatic rings. The normalized spacial score (nSPS) is 19.5. The summed E-state index contributed by atoms with van der Waals surface area (Å²) in [5.74, 6) is -0.133. The van der Waals surface area contributed by atoms with E-state index in [-0.39, 0.29) is 36.4 Å². The van der Waals surface area contributed by atoms with Gasteiger partial charge in [0.1, 0.15) is 11.7 Å². The molecule has 0 radical (unpaired) electrons. The van der Waals surface area contributed by atoms with Gasteiger partial charge in [-0.05, 0) is 41.1 Å². The van der Waals surface area contributed by atoms with Gasteiger partial charge in [-0.15, -0.1) is 0 Å². The summed E-state index contributed by atoms with van der Waals surface area (Å²) in [6.45, 7) is 4.28. The molecular formula is C22H27BrN4O4. The van der Waals surface area contributed by atoms with Crippen LogP contribution in [-0.2, 0) is 0 Å². The number of likely N-dealkylation sites (N-methyl/N-ethyl adjacent to an activating group) is 1. The Morgan fingerprint density at radius 3 is 2.81 bits per heavy atom. The number of nitrogens with one attached hydrogen (secondary N) is 1. The Bertz CT molecular complexity index is 927. The number of anilines is 1. The van der Waals surface area contributed by atoms with Gasteiger partial charge in [0, 0.05) is 35.9 Å². The number of hydrogen-bond acceptors (Lipinski definition) is 5. The number of aromatic nitrogens is 1. The molecule has 0 aliphatic carbocycles. The minimum absolute atomic E-state index is 0.108. The van der Waals surface area contributed by atoms with Crippen LogP contribution in [0.1, 0.15) is 24.2 Å². The number of ether oxygens (including phenoxy) is 1. The summed E-state index contributed by atoms with van der Waals surface area (Å²) < 4.78 is 6.80. The summed E-state index contributed by atoms with van der Waals surface area (Å²) in [6.07, 6.45) is 1.17. The lowest BCUT2D eigenvalue weighted by Crippen LogP contribution is -2.50. The molecule has 0 fully saturated rings. The predicted octanol–water partition coefficient (Wildman–Crippen LogP) is 3.23. The van der Waals surface area contributed by atoms with Crippen molar-refractivity contribution in [1.29, 1.82) is 0 Å². The van der Waals surface area contributed by atoms with Gasteiger partial charge in [0.05, 0.1) is 19.2 Å². The number of hydrogen-bond donors (Lipinski definition) is 2. The highest BCUT2D eigenvalue weighted by molar-refractivity contribution is 9.10. The number of benzene rings is 1. The third-order valence-electron chi connectivity index (χ3n) is 5.31. The number of para-hydroxylation sites is 1. The average Bonchev–Trinajstić information content (AvgIpc) is 2.76. The molecule has 166 valence electrons. The molecule has 9 heteroatoms. The molecule has 2 N–H and O–H groups in total. The first-order valence-electron chi connectivity index (χ1n) is 10.1. The van der Waals surface area contributed by atoms with Gasteiger partial charge in [-0.1, -0.05) is 25.1 Å². The number of carbonyl (C=O) groups is 2. The first-order valence-corrected chi connectivity index (χ1v) is 10.9. The molecule has 0 saturated carbocycles. The molecule has 2 heterocycles. The third kappa shape index (κ3) is 5.54. The Morgan fingerprint density at radius 1 is 1.42 bits per heavy atom. The van der Waals surface area contributed by atoms with Crippen LogP contribution in [-0.4, -0.2) is 70.7 Å². The van der Waals surface area contributed by atoms with E-state index in [1.165, 1.54) is 0 Å². The summed E-state index contributed by atoms with van der Waals surface area (Å²) in [7, 11) is 1.70. The first-order chi connectivity index (χ1) is 14.8. The second-order valence-corrected chi connectivity index (χ2v) is 8.72. The fourth-order valence-corrected chi connectivity index (χ4v) is 3.72. The highest BCUT2D eigenvalue weighted by Gasteiger charge is 2.34. The number of halogens is 1. The van der Waals surface area contributed by atoms with E-state index in [9.17, 15) is 14.7 Å². The molecule has 0 saturated heterocycles. The van der Waals surface area contributed by atoms with Crippen LogP contribution in [0, 0.1) is 5.92 Å². The Labute approximate surface area is 190 Å². The molecule has 0 unspecified atom stereocenters. The van der Waals surface area contributed by atoms with E-state index in [4.69, 9.17) is 4.74 Å². The number of amides is 3. The quantitative estimate of drug-likeness (QED) is 0.670. The Kier molecular flexibility index (Phi) is 7.50. The van der Waals surface area contributed by atoms with E-state index in [0.717, 1.165) is 0 Å². The summed E-state index contributed by atoms with van der Waals surface area (Å²) >= 11 is 3.36. The van der Waals surface area contributed by atoms with Crippen molar-refractivity contribution in [2.24, 2.45) is 5.92 Å². The lowest BCUT2D eigenvalue weighted by atomic mass is 10.0. The monoisotopic (exact) mass is 490 g/mol. The molecule has 8 nitrogen and oxygen atoms in total. The van der Waals surface area contributed by atoms with Crippen molar-refractivity contribution >= 4 is 33.6 Å². The van der Waals surface area contributed by atoms with E-state index >= 15 is 0 Å². The van der Waals surface area contributed by atoms with Crippen molar-refractivity contribution in [2.75, 3.05) is 32.1 Å². The molecule has 1 aliphatic heterocycles. The minimum Gasteiger partial charge on any atom is -0.472 e. The zero-order valence-corrected chi connectivity index (χ0v) is 19.4. The van der Waals surface area contributed by atoms with Crippen molar-refractivity contribution in [2.45, 2.75) is 26.0 Å². The number of nitrogens with zero attached hydrogens (tertiary/aromatic N) is 3. The zero-order valence-electron chi connectivity index (χ0n) is 17.8. The Morgan fingerprint density at radius 2 is 2.13 bits per heavy atom.